The van der Waals surface area contributed by atoms with Gasteiger partial charge in [0.05, 0.1) is 0 Å². The van der Waals surface area contributed by atoms with Gasteiger partial charge in [-0.3, -0.25) is 0 Å². The largest absolute Gasteiger partial charge is 0.239 e. The van der Waals surface area contributed by atoms with Crippen molar-refractivity contribution in [3.8, 4) is 0 Å². The van der Waals surface area contributed by atoms with Crippen molar-refractivity contribution in [2.45, 2.75) is 26.2 Å². The Labute approximate surface area is 64.6 Å². The van der Waals surface area contributed by atoms with Crippen molar-refractivity contribution in [2.24, 2.45) is 11.3 Å². The van der Waals surface area contributed by atoms with Crippen molar-refractivity contribution >= 4 is 11.6 Å². The summed E-state index contributed by atoms with van der Waals surface area (Å²) in [5.74, 6) is 0.789. The lowest BCUT2D eigenvalue weighted by Gasteiger charge is -2.10. The Morgan fingerprint density at radius 1 is 1.70 bits per heavy atom. The number of hydrogen-bond acceptors (Lipinski definition) is 0. The first-order valence-corrected chi connectivity index (χ1v) is 3.98. The number of alkyl halides is 3. The molecule has 60 valence electrons. The van der Waals surface area contributed by atoms with E-state index < -0.39 is 6.43 Å². The van der Waals surface area contributed by atoms with Gasteiger partial charge < -0.3 is 0 Å². The molecule has 0 aromatic heterocycles. The van der Waals surface area contributed by atoms with E-state index in [1.54, 1.807) is 0 Å². The fourth-order valence-corrected chi connectivity index (χ4v) is 1.87. The van der Waals surface area contributed by atoms with Crippen molar-refractivity contribution < 1.29 is 8.78 Å². The standard InChI is InChI=1S/C7H11ClF2/c1-5-2-7(5,4-8)3-6(9)10/h5-6H,2-4H2,1H3. The maximum Gasteiger partial charge on any atom is 0.239 e. The molecule has 0 N–H and O–H groups in total. The van der Waals surface area contributed by atoms with E-state index in [4.69, 9.17) is 11.6 Å². The van der Waals surface area contributed by atoms with Gasteiger partial charge in [0.1, 0.15) is 0 Å². The Balaban J connectivity index is 2.37. The first-order chi connectivity index (χ1) is 4.60. The van der Waals surface area contributed by atoms with Crippen molar-refractivity contribution in [3.05, 3.63) is 0 Å². The van der Waals surface area contributed by atoms with E-state index >= 15 is 0 Å². The molecule has 0 heterocycles. The highest BCUT2D eigenvalue weighted by atomic mass is 35.5. The van der Waals surface area contributed by atoms with Gasteiger partial charge in [-0.15, -0.1) is 11.6 Å². The molecule has 2 atom stereocenters. The molecule has 1 rings (SSSR count). The molecule has 0 spiro atoms. The van der Waals surface area contributed by atoms with E-state index in [9.17, 15) is 8.78 Å². The van der Waals surface area contributed by atoms with Gasteiger partial charge in [-0.05, 0) is 17.8 Å². The monoisotopic (exact) mass is 168 g/mol. The van der Waals surface area contributed by atoms with E-state index in [0.717, 1.165) is 6.42 Å². The second-order valence-electron chi connectivity index (χ2n) is 3.20. The molecule has 2 unspecified atom stereocenters. The summed E-state index contributed by atoms with van der Waals surface area (Å²) in [6.45, 7) is 1.98. The van der Waals surface area contributed by atoms with Crippen LogP contribution in [-0.2, 0) is 0 Å². The number of hydrogen-bond donors (Lipinski definition) is 0. The minimum Gasteiger partial charge on any atom is -0.211 e. The zero-order valence-corrected chi connectivity index (χ0v) is 6.67. The average Bonchev–Trinajstić information content (AvgIpc) is 2.42. The highest BCUT2D eigenvalue weighted by Crippen LogP contribution is 2.56. The molecular weight excluding hydrogens is 158 g/mol. The summed E-state index contributed by atoms with van der Waals surface area (Å²) < 4.78 is 23.7. The topological polar surface area (TPSA) is 0 Å². The quantitative estimate of drug-likeness (QED) is 0.569. The van der Waals surface area contributed by atoms with Crippen LogP contribution in [0.5, 0.6) is 0 Å². The fraction of sp³-hybridized carbons (Fsp3) is 1.00. The zero-order chi connectivity index (χ0) is 7.78. The first kappa shape index (κ1) is 8.25. The molecular formula is C7H11ClF2. The molecule has 0 radical (unpaired) electrons. The summed E-state index contributed by atoms with van der Waals surface area (Å²) in [5, 5.41) is 0. The van der Waals surface area contributed by atoms with Crippen LogP contribution in [0.4, 0.5) is 8.78 Å². The predicted octanol–water partition coefficient (Wildman–Crippen LogP) is 2.91. The third kappa shape index (κ3) is 1.42. The van der Waals surface area contributed by atoms with Gasteiger partial charge in [-0.25, -0.2) is 8.78 Å². The molecule has 1 aliphatic rings. The van der Waals surface area contributed by atoms with Crippen LogP contribution in [0.25, 0.3) is 0 Å². The number of halogens is 3. The van der Waals surface area contributed by atoms with Gasteiger partial charge in [-0.1, -0.05) is 6.92 Å². The molecule has 1 aliphatic carbocycles. The summed E-state index contributed by atoms with van der Waals surface area (Å²) in [5.41, 5.74) is -0.213. The smallest absolute Gasteiger partial charge is 0.211 e. The summed E-state index contributed by atoms with van der Waals surface area (Å²) in [7, 11) is 0. The van der Waals surface area contributed by atoms with Crippen LogP contribution in [0.2, 0.25) is 0 Å². The Morgan fingerprint density at radius 2 is 2.20 bits per heavy atom. The Bertz CT molecular complexity index is 123. The van der Waals surface area contributed by atoms with Crippen LogP contribution < -0.4 is 0 Å². The van der Waals surface area contributed by atoms with E-state index in [0.29, 0.717) is 11.8 Å². The Hall–Kier alpha value is 0.150. The molecule has 0 bridgehead atoms. The summed E-state index contributed by atoms with van der Waals surface area (Å²) in [6.07, 6.45) is -1.33. The van der Waals surface area contributed by atoms with Crippen LogP contribution in [0.15, 0.2) is 0 Å². The summed E-state index contributed by atoms with van der Waals surface area (Å²) in [4.78, 5) is 0. The van der Waals surface area contributed by atoms with Gasteiger partial charge in [0.2, 0.25) is 6.43 Å². The van der Waals surface area contributed by atoms with Crippen molar-refractivity contribution in [3.63, 3.8) is 0 Å². The molecule has 3 heteroatoms. The molecule has 0 aliphatic heterocycles. The highest BCUT2D eigenvalue weighted by molar-refractivity contribution is 6.18. The molecule has 0 amide bonds. The lowest BCUT2D eigenvalue weighted by molar-refractivity contribution is 0.110. The maximum atomic E-state index is 11.9. The third-order valence-electron chi connectivity index (χ3n) is 2.42. The average molecular weight is 169 g/mol. The van der Waals surface area contributed by atoms with E-state index in [1.807, 2.05) is 6.92 Å². The van der Waals surface area contributed by atoms with Gasteiger partial charge >= 0.3 is 0 Å². The summed E-state index contributed by atoms with van der Waals surface area (Å²) in [6, 6.07) is 0. The van der Waals surface area contributed by atoms with Gasteiger partial charge in [-0.2, -0.15) is 0 Å². The SMILES string of the molecule is CC1CC1(CCl)CC(F)F. The Morgan fingerprint density at radius 3 is 2.30 bits per heavy atom. The van der Waals surface area contributed by atoms with Gasteiger partial charge in [0.15, 0.2) is 0 Å². The van der Waals surface area contributed by atoms with Crippen LogP contribution in [0.1, 0.15) is 19.8 Å². The summed E-state index contributed by atoms with van der Waals surface area (Å²) >= 11 is 5.56. The van der Waals surface area contributed by atoms with E-state index in [1.165, 1.54) is 0 Å². The van der Waals surface area contributed by atoms with Gasteiger partial charge in [0, 0.05) is 12.3 Å². The van der Waals surface area contributed by atoms with E-state index in [-0.39, 0.29) is 11.8 Å². The first-order valence-electron chi connectivity index (χ1n) is 3.45. The van der Waals surface area contributed by atoms with Crippen LogP contribution in [0.3, 0.4) is 0 Å². The predicted molar refractivity (Wildman–Crippen MR) is 37.6 cm³/mol. The number of rotatable bonds is 3. The van der Waals surface area contributed by atoms with Crippen LogP contribution >= 0.6 is 11.6 Å². The van der Waals surface area contributed by atoms with Crippen molar-refractivity contribution in [1.82, 2.24) is 0 Å². The van der Waals surface area contributed by atoms with Crippen molar-refractivity contribution in [1.29, 1.82) is 0 Å². The van der Waals surface area contributed by atoms with Crippen LogP contribution in [0, 0.1) is 11.3 Å². The second kappa shape index (κ2) is 2.65. The lowest BCUT2D eigenvalue weighted by atomic mass is 10.0. The molecule has 1 saturated carbocycles. The van der Waals surface area contributed by atoms with E-state index in [2.05, 4.69) is 0 Å². The molecule has 1 fully saturated rings. The van der Waals surface area contributed by atoms with Crippen molar-refractivity contribution in [2.75, 3.05) is 5.88 Å². The second-order valence-corrected chi connectivity index (χ2v) is 3.46. The normalized spacial score (nSPS) is 38.7. The lowest BCUT2D eigenvalue weighted by Crippen LogP contribution is -2.10. The van der Waals surface area contributed by atoms with Gasteiger partial charge in [0.25, 0.3) is 0 Å². The molecule has 0 aromatic carbocycles. The zero-order valence-electron chi connectivity index (χ0n) is 5.91. The fourth-order valence-electron chi connectivity index (χ4n) is 1.38. The molecule has 10 heavy (non-hydrogen) atoms. The maximum absolute atomic E-state index is 11.9. The highest BCUT2D eigenvalue weighted by Gasteiger charge is 2.51. The minimum atomic E-state index is -2.19. The molecule has 0 aromatic rings. The molecule has 0 saturated heterocycles. The van der Waals surface area contributed by atoms with Crippen LogP contribution in [-0.4, -0.2) is 12.3 Å². The third-order valence-corrected chi connectivity index (χ3v) is 2.96. The minimum absolute atomic E-state index is 0.0162. The Kier molecular flexibility index (Phi) is 2.18. The molecule has 0 nitrogen and oxygen atoms in total.